The summed E-state index contributed by atoms with van der Waals surface area (Å²) in [5.74, 6) is 0.108. The number of carbonyl (C=O) groups is 1. The second-order valence-electron chi connectivity index (χ2n) is 10.5. The number of carbonyl (C=O) groups excluding carboxylic acids is 1. The van der Waals surface area contributed by atoms with Crippen LogP contribution in [0.4, 0.5) is 13.2 Å². The van der Waals surface area contributed by atoms with Crippen LogP contribution < -0.4 is 5.32 Å². The number of nitrogens with one attached hydrogen (secondary N) is 1. The van der Waals surface area contributed by atoms with E-state index in [2.05, 4.69) is 10.3 Å². The van der Waals surface area contributed by atoms with Gasteiger partial charge in [0.15, 0.2) is 0 Å². The molecule has 4 atom stereocenters. The second-order valence-corrected chi connectivity index (χ2v) is 10.5. The van der Waals surface area contributed by atoms with E-state index in [4.69, 9.17) is 4.74 Å². The van der Waals surface area contributed by atoms with Crippen LogP contribution in [0.2, 0.25) is 0 Å². The molecular weight excluding hydrogens is 435 g/mol. The minimum Gasteiger partial charge on any atom is -0.386 e. The number of aliphatic hydroxyl groups is 1. The number of aromatic nitrogens is 1. The van der Waals surface area contributed by atoms with Crippen LogP contribution in [-0.2, 0) is 28.7 Å². The summed E-state index contributed by atoms with van der Waals surface area (Å²) in [6.07, 6.45) is -0.212. The van der Waals surface area contributed by atoms with E-state index in [9.17, 15) is 23.1 Å². The number of nitrogens with zero attached hydrogens (tertiary/aromatic N) is 2. The molecule has 6 nitrogen and oxygen atoms in total. The van der Waals surface area contributed by atoms with E-state index in [1.54, 1.807) is 11.8 Å². The van der Waals surface area contributed by atoms with Gasteiger partial charge in [0.1, 0.15) is 5.60 Å². The third kappa shape index (κ3) is 4.77. The van der Waals surface area contributed by atoms with E-state index in [0.717, 1.165) is 25.1 Å². The Morgan fingerprint density at radius 1 is 1.36 bits per heavy atom. The number of halogens is 3. The summed E-state index contributed by atoms with van der Waals surface area (Å²) in [6.45, 7) is 7.37. The molecule has 1 aliphatic carbocycles. The van der Waals surface area contributed by atoms with Gasteiger partial charge in [-0.3, -0.25) is 9.78 Å². The van der Waals surface area contributed by atoms with Crippen LogP contribution in [0.25, 0.3) is 0 Å². The molecule has 3 aliphatic rings. The highest BCUT2D eigenvalue weighted by Crippen LogP contribution is 2.47. The van der Waals surface area contributed by atoms with Gasteiger partial charge in [0.05, 0.1) is 17.6 Å². The van der Waals surface area contributed by atoms with Crippen LogP contribution >= 0.6 is 0 Å². The lowest BCUT2D eigenvalue weighted by Gasteiger charge is -2.41. The summed E-state index contributed by atoms with van der Waals surface area (Å²) in [7, 11) is 0. The number of ether oxygens (including phenoxy) is 1. The molecule has 2 aliphatic heterocycles. The highest BCUT2D eigenvalue weighted by Gasteiger charge is 2.50. The number of rotatable bonds is 4. The quantitative estimate of drug-likeness (QED) is 0.708. The zero-order valence-corrected chi connectivity index (χ0v) is 19.5. The van der Waals surface area contributed by atoms with Crippen molar-refractivity contribution in [3.63, 3.8) is 0 Å². The van der Waals surface area contributed by atoms with E-state index in [0.29, 0.717) is 43.7 Å². The fourth-order valence-corrected chi connectivity index (χ4v) is 5.69. The molecule has 1 aromatic heterocycles. The van der Waals surface area contributed by atoms with Gasteiger partial charge < -0.3 is 20.1 Å². The van der Waals surface area contributed by atoms with Crippen molar-refractivity contribution in [3.05, 3.63) is 29.1 Å². The Balaban J connectivity index is 1.49. The molecule has 0 radical (unpaired) electrons. The summed E-state index contributed by atoms with van der Waals surface area (Å²) in [6, 6.07) is 1.14. The van der Waals surface area contributed by atoms with Crippen LogP contribution in [0, 0.1) is 11.3 Å². The smallest absolute Gasteiger partial charge is 0.386 e. The zero-order chi connectivity index (χ0) is 24.0. The fourth-order valence-electron chi connectivity index (χ4n) is 5.69. The molecule has 2 fully saturated rings. The first-order chi connectivity index (χ1) is 15.4. The normalized spacial score (nSPS) is 32.8. The van der Waals surface area contributed by atoms with E-state index in [1.165, 1.54) is 0 Å². The maximum absolute atomic E-state index is 13.8. The van der Waals surface area contributed by atoms with Gasteiger partial charge in [0.2, 0.25) is 5.91 Å². The molecule has 1 aromatic rings. The number of amides is 1. The molecule has 1 amide bonds. The van der Waals surface area contributed by atoms with Crippen LogP contribution in [0.5, 0.6) is 0 Å². The molecule has 0 spiro atoms. The van der Waals surface area contributed by atoms with Crippen molar-refractivity contribution in [1.29, 1.82) is 0 Å². The van der Waals surface area contributed by atoms with Gasteiger partial charge in [0.25, 0.3) is 0 Å². The Labute approximate surface area is 192 Å². The van der Waals surface area contributed by atoms with E-state index < -0.39 is 22.8 Å². The number of hydrogen-bond donors (Lipinski definition) is 2. The molecule has 33 heavy (non-hydrogen) atoms. The Morgan fingerprint density at radius 3 is 2.79 bits per heavy atom. The summed E-state index contributed by atoms with van der Waals surface area (Å²) in [5.41, 5.74) is -1.18. The minimum atomic E-state index is -4.46. The van der Waals surface area contributed by atoms with Crippen LogP contribution in [0.1, 0.15) is 63.3 Å². The lowest BCUT2D eigenvalue weighted by atomic mass is 9.73. The van der Waals surface area contributed by atoms with Crippen molar-refractivity contribution >= 4 is 5.91 Å². The Kier molecular flexibility index (Phi) is 6.52. The molecule has 2 N–H and O–H groups in total. The van der Waals surface area contributed by atoms with Crippen molar-refractivity contribution in [2.24, 2.45) is 11.3 Å². The molecule has 0 bridgehead atoms. The Hall–Kier alpha value is -1.71. The summed E-state index contributed by atoms with van der Waals surface area (Å²) < 4.78 is 44.9. The van der Waals surface area contributed by atoms with Gasteiger partial charge >= 0.3 is 6.18 Å². The minimum absolute atomic E-state index is 0.0172. The molecule has 184 valence electrons. The van der Waals surface area contributed by atoms with Crippen molar-refractivity contribution in [3.8, 4) is 0 Å². The van der Waals surface area contributed by atoms with Gasteiger partial charge in [0, 0.05) is 50.1 Å². The molecular formula is C24H34F3N3O3. The predicted molar refractivity (Wildman–Crippen MR) is 116 cm³/mol. The number of pyridine rings is 1. The number of fused-ring (bicyclic) bond motifs is 1. The molecule has 9 heteroatoms. The van der Waals surface area contributed by atoms with Crippen molar-refractivity contribution < 1.29 is 27.8 Å². The monoisotopic (exact) mass is 469 g/mol. The van der Waals surface area contributed by atoms with E-state index in [1.807, 2.05) is 13.8 Å². The third-order valence-corrected chi connectivity index (χ3v) is 7.87. The lowest BCUT2D eigenvalue weighted by Crippen LogP contribution is -2.57. The van der Waals surface area contributed by atoms with Gasteiger partial charge in [-0.15, -0.1) is 0 Å². The first-order valence-corrected chi connectivity index (χ1v) is 11.8. The van der Waals surface area contributed by atoms with Gasteiger partial charge in [-0.2, -0.15) is 13.2 Å². The SMILES string of the molecule is CC(C)[C@]1(C(=O)N2CCc3ncc(C(F)(F)F)cc3C2)CC[C@@H](NC2CCOCC2(C)O)C1. The molecule has 2 unspecified atom stereocenters. The van der Waals surface area contributed by atoms with Gasteiger partial charge in [-0.1, -0.05) is 13.8 Å². The van der Waals surface area contributed by atoms with Crippen molar-refractivity contribution in [2.45, 2.75) is 83.3 Å². The molecule has 1 saturated heterocycles. The zero-order valence-electron chi connectivity index (χ0n) is 19.5. The van der Waals surface area contributed by atoms with E-state index >= 15 is 0 Å². The summed E-state index contributed by atoms with van der Waals surface area (Å²) in [5, 5.41) is 14.3. The van der Waals surface area contributed by atoms with Crippen molar-refractivity contribution in [2.75, 3.05) is 19.8 Å². The lowest BCUT2D eigenvalue weighted by molar-refractivity contribution is -0.146. The highest BCUT2D eigenvalue weighted by molar-refractivity contribution is 5.83. The Bertz CT molecular complexity index is 889. The van der Waals surface area contributed by atoms with Crippen LogP contribution in [0.3, 0.4) is 0 Å². The Morgan fingerprint density at radius 2 is 2.12 bits per heavy atom. The van der Waals surface area contributed by atoms with Gasteiger partial charge in [-0.05, 0) is 50.2 Å². The topological polar surface area (TPSA) is 74.7 Å². The summed E-state index contributed by atoms with van der Waals surface area (Å²) in [4.78, 5) is 19.5. The predicted octanol–water partition coefficient (Wildman–Crippen LogP) is 3.31. The molecule has 1 saturated carbocycles. The maximum atomic E-state index is 13.8. The number of alkyl halides is 3. The third-order valence-electron chi connectivity index (χ3n) is 7.87. The largest absolute Gasteiger partial charge is 0.417 e. The second kappa shape index (κ2) is 8.82. The van der Waals surface area contributed by atoms with Gasteiger partial charge in [-0.25, -0.2) is 0 Å². The standard InChI is InChI=1S/C24H34F3N3O3/c1-15(2)23(7-4-18(11-23)29-20-6-9-33-14-22(20,3)32)21(31)30-8-5-19-16(13-30)10-17(12-28-19)24(25,26)27/h10,12,15,18,20,29,32H,4-9,11,13-14H2,1-3H3/t18-,20?,22?,23+/m1/s1. The average molecular weight is 470 g/mol. The first-order valence-electron chi connectivity index (χ1n) is 11.8. The highest BCUT2D eigenvalue weighted by atomic mass is 19.4. The number of hydrogen-bond acceptors (Lipinski definition) is 5. The maximum Gasteiger partial charge on any atom is 0.417 e. The van der Waals surface area contributed by atoms with E-state index in [-0.39, 0.29) is 37.1 Å². The van der Waals surface area contributed by atoms with Crippen LogP contribution in [-0.4, -0.2) is 58.3 Å². The average Bonchev–Trinajstić information content (AvgIpc) is 3.18. The van der Waals surface area contributed by atoms with Crippen LogP contribution in [0.15, 0.2) is 12.3 Å². The molecule has 3 heterocycles. The first kappa shape index (κ1) is 24.4. The van der Waals surface area contributed by atoms with Crippen molar-refractivity contribution in [1.82, 2.24) is 15.2 Å². The molecule has 4 rings (SSSR count). The molecule has 0 aromatic carbocycles. The fraction of sp³-hybridized carbons (Fsp3) is 0.750. The summed E-state index contributed by atoms with van der Waals surface area (Å²) >= 11 is 0.